The van der Waals surface area contributed by atoms with Crippen molar-refractivity contribution >= 4 is 70.5 Å². The van der Waals surface area contributed by atoms with Crippen LogP contribution < -0.4 is 10.2 Å². The SMILES string of the molecule is CC(C)(C)[Si](C)(C)O[C@@H]1C[C@H]2CN(c3ccc(-c4cc(Cl)c5cn(C(C(=O)Nc6nccs6)c6ncn7c6CC(F)C7)nc5c4Cl)cc3)CCN2C1. The Kier molecular flexibility index (Phi) is 9.27. The Labute approximate surface area is 318 Å². The third-order valence-electron chi connectivity index (χ3n) is 11.3. The van der Waals surface area contributed by atoms with E-state index in [0.29, 0.717) is 49.6 Å². The quantitative estimate of drug-likeness (QED) is 0.159. The van der Waals surface area contributed by atoms with Crippen molar-refractivity contribution in [3.63, 3.8) is 0 Å². The second-order valence-corrected chi connectivity index (χ2v) is 22.2. The van der Waals surface area contributed by atoms with Crippen LogP contribution in [0, 0.1) is 0 Å². The van der Waals surface area contributed by atoms with Gasteiger partial charge in [0.05, 0.1) is 34.7 Å². The first kappa shape index (κ1) is 35.7. The summed E-state index contributed by atoms with van der Waals surface area (Å²) in [4.78, 5) is 27.7. The van der Waals surface area contributed by atoms with E-state index in [1.165, 1.54) is 21.7 Å². The molecule has 4 atom stereocenters. The number of rotatable bonds is 8. The van der Waals surface area contributed by atoms with Crippen LogP contribution in [0.25, 0.3) is 22.0 Å². The number of carbonyl (C=O) groups excluding carboxylic acids is 1. The maximum atomic E-state index is 14.4. The number of aromatic nitrogens is 5. The largest absolute Gasteiger partial charge is 0.413 e. The van der Waals surface area contributed by atoms with E-state index in [1.54, 1.807) is 28.7 Å². The molecule has 10 nitrogen and oxygen atoms in total. The van der Waals surface area contributed by atoms with Crippen LogP contribution in [0.1, 0.15) is 44.6 Å². The van der Waals surface area contributed by atoms with Crippen molar-refractivity contribution in [3.8, 4) is 11.1 Å². The fourth-order valence-corrected chi connectivity index (χ4v) is 10.0. The van der Waals surface area contributed by atoms with E-state index in [0.717, 1.165) is 43.7 Å². The summed E-state index contributed by atoms with van der Waals surface area (Å²) in [5.41, 5.74) is 4.39. The molecule has 2 saturated heterocycles. The Morgan fingerprint density at radius 1 is 1.12 bits per heavy atom. The average molecular weight is 782 g/mol. The summed E-state index contributed by atoms with van der Waals surface area (Å²) >= 11 is 15.3. The second-order valence-electron chi connectivity index (χ2n) is 15.7. The molecule has 0 aliphatic carbocycles. The molecule has 3 aliphatic rings. The summed E-state index contributed by atoms with van der Waals surface area (Å²) < 4.78 is 24.5. The van der Waals surface area contributed by atoms with Crippen LogP contribution in [0.4, 0.5) is 15.2 Å². The van der Waals surface area contributed by atoms with Gasteiger partial charge in [-0.1, -0.05) is 56.1 Å². The summed E-state index contributed by atoms with van der Waals surface area (Å²) in [5.74, 6) is -0.397. The van der Waals surface area contributed by atoms with Crippen molar-refractivity contribution < 1.29 is 13.6 Å². The molecular weight excluding hydrogens is 739 g/mol. The van der Waals surface area contributed by atoms with Gasteiger partial charge in [0.1, 0.15) is 11.7 Å². The first-order valence-electron chi connectivity index (χ1n) is 17.8. The van der Waals surface area contributed by atoms with Crippen LogP contribution in [0.15, 0.2) is 54.4 Å². The zero-order chi connectivity index (χ0) is 36.5. The average Bonchev–Trinajstić information content (AvgIpc) is 3.93. The van der Waals surface area contributed by atoms with E-state index in [9.17, 15) is 9.18 Å². The molecule has 0 bridgehead atoms. The zero-order valence-electron chi connectivity index (χ0n) is 29.9. The predicted molar refractivity (Wildman–Crippen MR) is 209 cm³/mol. The molecule has 0 radical (unpaired) electrons. The smallest absolute Gasteiger partial charge is 0.257 e. The minimum atomic E-state index is -1.82. The predicted octanol–water partition coefficient (Wildman–Crippen LogP) is 8.07. The number of anilines is 2. The number of hydrogen-bond acceptors (Lipinski definition) is 8. The molecule has 3 aromatic heterocycles. The Morgan fingerprint density at radius 3 is 2.63 bits per heavy atom. The van der Waals surface area contributed by atoms with Gasteiger partial charge in [0.25, 0.3) is 5.91 Å². The number of nitrogens with one attached hydrogen (secondary N) is 1. The molecule has 0 saturated carbocycles. The number of piperazine rings is 1. The third-order valence-corrected chi connectivity index (χ3v) is 17.2. The van der Waals surface area contributed by atoms with Gasteiger partial charge in [-0.25, -0.2) is 14.4 Å². The topological polar surface area (TPSA) is 93.3 Å². The Morgan fingerprint density at radius 2 is 1.90 bits per heavy atom. The minimum absolute atomic E-state index is 0.168. The van der Waals surface area contributed by atoms with Crippen LogP contribution in [-0.2, 0) is 22.2 Å². The molecule has 1 amide bonds. The number of benzene rings is 2. The molecule has 5 aromatic rings. The highest BCUT2D eigenvalue weighted by atomic mass is 35.5. The number of thiazole rings is 1. The molecule has 8 rings (SSSR count). The lowest BCUT2D eigenvalue weighted by Crippen LogP contribution is -2.50. The molecule has 6 heterocycles. The Hall–Kier alpha value is -3.33. The number of amides is 1. The first-order chi connectivity index (χ1) is 24.8. The number of alkyl halides is 1. The van der Waals surface area contributed by atoms with Gasteiger partial charge in [0.2, 0.25) is 0 Å². The lowest BCUT2D eigenvalue weighted by atomic mass is 10.0. The van der Waals surface area contributed by atoms with Gasteiger partial charge in [0.15, 0.2) is 19.5 Å². The molecule has 0 spiro atoms. The van der Waals surface area contributed by atoms with Crippen molar-refractivity contribution in [1.82, 2.24) is 29.2 Å². The molecule has 2 fully saturated rings. The first-order valence-corrected chi connectivity index (χ1v) is 22.3. The lowest BCUT2D eigenvalue weighted by molar-refractivity contribution is -0.118. The highest BCUT2D eigenvalue weighted by Gasteiger charge is 2.44. The number of imidazole rings is 1. The third kappa shape index (κ3) is 6.57. The van der Waals surface area contributed by atoms with Gasteiger partial charge < -0.3 is 13.9 Å². The minimum Gasteiger partial charge on any atom is -0.413 e. The maximum absolute atomic E-state index is 14.4. The van der Waals surface area contributed by atoms with Gasteiger partial charge >= 0.3 is 0 Å². The normalized spacial score (nSPS) is 21.5. The van der Waals surface area contributed by atoms with Gasteiger partial charge in [-0.2, -0.15) is 5.10 Å². The van der Waals surface area contributed by atoms with Gasteiger partial charge in [-0.15, -0.1) is 11.3 Å². The van der Waals surface area contributed by atoms with Crippen LogP contribution in [0.3, 0.4) is 0 Å². The number of carbonyl (C=O) groups is 1. The summed E-state index contributed by atoms with van der Waals surface area (Å²) in [5, 5.41) is 11.6. The van der Waals surface area contributed by atoms with Crippen molar-refractivity contribution in [1.29, 1.82) is 0 Å². The van der Waals surface area contributed by atoms with Crippen LogP contribution in [0.2, 0.25) is 28.2 Å². The van der Waals surface area contributed by atoms with Gasteiger partial charge in [0, 0.05) is 78.7 Å². The summed E-state index contributed by atoms with van der Waals surface area (Å²) in [6.07, 6.45) is 5.39. The summed E-state index contributed by atoms with van der Waals surface area (Å²) in [6.45, 7) is 15.8. The lowest BCUT2D eigenvalue weighted by Gasteiger charge is -2.38. The van der Waals surface area contributed by atoms with Crippen LogP contribution in [-0.4, -0.2) is 87.9 Å². The molecule has 2 aromatic carbocycles. The molecule has 274 valence electrons. The Bertz CT molecular complexity index is 2120. The zero-order valence-corrected chi connectivity index (χ0v) is 33.3. The number of hydrogen-bond donors (Lipinski definition) is 1. The van der Waals surface area contributed by atoms with Crippen molar-refractivity contribution in [2.24, 2.45) is 0 Å². The van der Waals surface area contributed by atoms with Crippen LogP contribution in [0.5, 0.6) is 0 Å². The molecule has 52 heavy (non-hydrogen) atoms. The van der Waals surface area contributed by atoms with Crippen LogP contribution >= 0.6 is 34.5 Å². The fourth-order valence-electron chi connectivity index (χ4n) is 7.57. The van der Waals surface area contributed by atoms with E-state index in [2.05, 4.69) is 83.2 Å². The van der Waals surface area contributed by atoms with E-state index < -0.39 is 26.4 Å². The highest BCUT2D eigenvalue weighted by Crippen LogP contribution is 2.41. The standard InChI is InChI=1S/C37H43Cl2FN8O2SSi/c1-37(2,3)52(4,5)50-26-15-25-18-45(11-12-46(25)19-26)24-8-6-22(7-9-24)27-16-29(38)28-20-48(44-32(28)31(27)39)34(35(49)43-36-41-10-13-51-36)33-30-14-23(40)17-47(30)21-42-33/h6-10,13,16,20-21,23,25-26,34H,11-12,14-15,17-19H2,1-5H3,(H,41,43,49)/t23?,25-,26+,34?/m0/s1. The van der Waals surface area contributed by atoms with E-state index in [4.69, 9.17) is 32.7 Å². The summed E-state index contributed by atoms with van der Waals surface area (Å²) in [7, 11) is -1.82. The molecule has 3 aliphatic heterocycles. The van der Waals surface area contributed by atoms with Crippen molar-refractivity contribution in [3.05, 3.63) is 75.9 Å². The molecule has 1 N–H and O–H groups in total. The Balaban J connectivity index is 1.04. The number of fused-ring (bicyclic) bond motifs is 3. The number of halogens is 3. The van der Waals surface area contributed by atoms with E-state index in [-0.39, 0.29) is 18.0 Å². The van der Waals surface area contributed by atoms with E-state index in [1.807, 2.05) is 6.07 Å². The van der Waals surface area contributed by atoms with Gasteiger partial charge in [-0.05, 0) is 48.3 Å². The van der Waals surface area contributed by atoms with E-state index >= 15 is 0 Å². The summed E-state index contributed by atoms with van der Waals surface area (Å²) in [6, 6.07) is 9.77. The van der Waals surface area contributed by atoms with Crippen molar-refractivity contribution in [2.45, 2.75) is 82.6 Å². The molecule has 15 heteroatoms. The maximum Gasteiger partial charge on any atom is 0.257 e. The van der Waals surface area contributed by atoms with Gasteiger partial charge in [-0.3, -0.25) is 19.7 Å². The highest BCUT2D eigenvalue weighted by molar-refractivity contribution is 7.13. The molecule has 2 unspecified atom stereocenters. The monoisotopic (exact) mass is 780 g/mol. The second kappa shape index (κ2) is 13.5. The fraction of sp³-hybridized carbons (Fsp3) is 0.459. The number of nitrogens with zero attached hydrogens (tertiary/aromatic N) is 7. The molecular formula is C37H43Cl2FN8O2SSi. The van der Waals surface area contributed by atoms with Crippen molar-refractivity contribution in [2.75, 3.05) is 36.4 Å².